The predicted molar refractivity (Wildman–Crippen MR) is 94.7 cm³/mol. The van der Waals surface area contributed by atoms with Gasteiger partial charge in [-0.3, -0.25) is 4.79 Å². The average molecular weight is 325 g/mol. The second-order valence-corrected chi connectivity index (χ2v) is 8.95. The highest BCUT2D eigenvalue weighted by Crippen LogP contribution is 2.50. The van der Waals surface area contributed by atoms with Crippen molar-refractivity contribution in [1.29, 1.82) is 0 Å². The molecule has 1 aliphatic rings. The van der Waals surface area contributed by atoms with Crippen molar-refractivity contribution in [3.05, 3.63) is 47.5 Å². The molecule has 1 aromatic rings. The second kappa shape index (κ2) is 7.62. The molecule has 0 amide bonds. The lowest BCUT2D eigenvalue weighted by atomic mass is 10.2. The van der Waals surface area contributed by atoms with Crippen molar-refractivity contribution in [2.24, 2.45) is 0 Å². The van der Waals surface area contributed by atoms with Crippen LogP contribution >= 0.6 is 35.3 Å². The van der Waals surface area contributed by atoms with Crippen LogP contribution in [0.15, 0.2) is 36.4 Å². The van der Waals surface area contributed by atoms with Gasteiger partial charge in [0.1, 0.15) is 0 Å². The molecule has 4 heteroatoms. The number of hydrogen-bond acceptors (Lipinski definition) is 4. The van der Waals surface area contributed by atoms with Crippen LogP contribution < -0.4 is 0 Å². The summed E-state index contributed by atoms with van der Waals surface area (Å²) in [4.78, 5) is 11.5. The molecule has 1 aromatic carbocycles. The first-order chi connectivity index (χ1) is 9.56. The van der Waals surface area contributed by atoms with Crippen molar-refractivity contribution in [3.63, 3.8) is 0 Å². The fourth-order valence-corrected chi connectivity index (χ4v) is 6.28. The molecule has 1 nitrogen and oxygen atoms in total. The van der Waals surface area contributed by atoms with Crippen LogP contribution in [0.1, 0.15) is 29.1 Å². The average Bonchev–Trinajstić information content (AvgIpc) is 2.88. The Balaban J connectivity index is 1.76. The van der Waals surface area contributed by atoms with Gasteiger partial charge in [-0.25, -0.2) is 0 Å². The van der Waals surface area contributed by atoms with Crippen molar-refractivity contribution in [3.8, 4) is 0 Å². The maximum atomic E-state index is 11.5. The van der Waals surface area contributed by atoms with Crippen LogP contribution in [-0.4, -0.2) is 21.9 Å². The van der Waals surface area contributed by atoms with Crippen LogP contribution in [0.3, 0.4) is 0 Å². The zero-order valence-electron chi connectivity index (χ0n) is 11.9. The van der Waals surface area contributed by atoms with E-state index in [1.807, 2.05) is 23.5 Å². The number of thioether (sulfide) groups is 3. The minimum Gasteiger partial charge on any atom is -0.282 e. The molecule has 0 spiro atoms. The van der Waals surface area contributed by atoms with Gasteiger partial charge in [0.05, 0.1) is 4.58 Å². The van der Waals surface area contributed by atoms with Gasteiger partial charge in [0, 0.05) is 16.8 Å². The monoisotopic (exact) mass is 324 g/mol. The molecule has 108 valence electrons. The fourth-order valence-electron chi connectivity index (χ4n) is 1.90. The zero-order valence-corrected chi connectivity index (χ0v) is 14.4. The van der Waals surface area contributed by atoms with Crippen LogP contribution in [0.25, 0.3) is 0 Å². The van der Waals surface area contributed by atoms with Crippen molar-refractivity contribution in [1.82, 2.24) is 0 Å². The molecule has 1 aliphatic heterocycles. The van der Waals surface area contributed by atoms with Crippen LogP contribution in [0.2, 0.25) is 0 Å². The first kappa shape index (κ1) is 16.1. The number of aryl methyl sites for hydroxylation is 1. The van der Waals surface area contributed by atoms with Crippen LogP contribution in [-0.2, 0) is 4.79 Å². The third-order valence-electron chi connectivity index (χ3n) is 3.12. The van der Waals surface area contributed by atoms with E-state index in [9.17, 15) is 4.79 Å². The summed E-state index contributed by atoms with van der Waals surface area (Å²) in [5.74, 6) is 2.09. The third-order valence-corrected chi connectivity index (χ3v) is 7.60. The summed E-state index contributed by atoms with van der Waals surface area (Å²) in [5.41, 5.74) is 3.38. The number of benzene rings is 1. The Morgan fingerprint density at radius 3 is 2.75 bits per heavy atom. The fraction of sp³-hybridized carbons (Fsp3) is 0.438. The van der Waals surface area contributed by atoms with Crippen molar-refractivity contribution < 1.29 is 4.79 Å². The Labute approximate surface area is 134 Å². The largest absolute Gasteiger partial charge is 0.282 e. The minimum atomic E-state index is 0.135. The Morgan fingerprint density at radius 2 is 2.10 bits per heavy atom. The number of carbonyl (C=O) groups excluding carboxylic acids is 1. The lowest BCUT2D eigenvalue weighted by molar-refractivity contribution is -0.107. The molecule has 1 saturated heterocycles. The molecule has 0 N–H and O–H groups in total. The molecule has 0 aromatic heterocycles. The quantitative estimate of drug-likeness (QED) is 0.703. The smallest absolute Gasteiger partial charge is 0.214 e. The first-order valence-corrected chi connectivity index (χ1v) is 9.70. The summed E-state index contributed by atoms with van der Waals surface area (Å²) in [6, 6.07) is 8.85. The molecule has 0 aliphatic carbocycles. The topological polar surface area (TPSA) is 17.1 Å². The van der Waals surface area contributed by atoms with Crippen LogP contribution in [0.4, 0.5) is 0 Å². The van der Waals surface area contributed by atoms with Gasteiger partial charge < -0.3 is 0 Å². The highest BCUT2D eigenvalue weighted by molar-refractivity contribution is 8.19. The van der Waals surface area contributed by atoms with Crippen molar-refractivity contribution >= 4 is 40.4 Å². The van der Waals surface area contributed by atoms with Gasteiger partial charge in [-0.15, -0.1) is 23.5 Å². The molecule has 0 radical (unpaired) electrons. The van der Waals surface area contributed by atoms with E-state index in [-0.39, 0.29) is 5.12 Å². The van der Waals surface area contributed by atoms with Gasteiger partial charge >= 0.3 is 0 Å². The summed E-state index contributed by atoms with van der Waals surface area (Å²) < 4.78 is 0.558. The van der Waals surface area contributed by atoms with E-state index < -0.39 is 0 Å². The summed E-state index contributed by atoms with van der Waals surface area (Å²) in [5, 5.41) is 0.799. The first-order valence-electron chi connectivity index (χ1n) is 6.72. The summed E-state index contributed by atoms with van der Waals surface area (Å²) in [6.45, 7) is 7.59. The van der Waals surface area contributed by atoms with Gasteiger partial charge in [-0.05, 0) is 31.4 Å². The van der Waals surface area contributed by atoms with Gasteiger partial charge in [0.2, 0.25) is 5.12 Å². The maximum absolute atomic E-state index is 11.5. The second-order valence-electron chi connectivity index (χ2n) is 5.04. The summed E-state index contributed by atoms with van der Waals surface area (Å²) >= 11 is 5.48. The molecule has 0 bridgehead atoms. The molecule has 2 unspecified atom stereocenters. The molecule has 2 atom stereocenters. The molecule has 0 saturated carbocycles. The minimum absolute atomic E-state index is 0.135. The van der Waals surface area contributed by atoms with E-state index in [1.165, 1.54) is 28.6 Å². The van der Waals surface area contributed by atoms with E-state index in [4.69, 9.17) is 0 Å². The highest BCUT2D eigenvalue weighted by Gasteiger charge is 2.26. The van der Waals surface area contributed by atoms with E-state index in [2.05, 4.69) is 37.8 Å². The molecule has 20 heavy (non-hydrogen) atoms. The summed E-state index contributed by atoms with van der Waals surface area (Å²) in [6.07, 6.45) is 1.10. The van der Waals surface area contributed by atoms with Crippen molar-refractivity contribution in [2.45, 2.75) is 30.1 Å². The van der Waals surface area contributed by atoms with Gasteiger partial charge in [0.25, 0.3) is 0 Å². The Morgan fingerprint density at radius 1 is 1.40 bits per heavy atom. The molecule has 1 fully saturated rings. The highest BCUT2D eigenvalue weighted by atomic mass is 32.2. The predicted octanol–water partition coefficient (Wildman–Crippen LogP) is 5.07. The molecule has 2 rings (SSSR count). The summed E-state index contributed by atoms with van der Waals surface area (Å²) in [7, 11) is 0. The maximum Gasteiger partial charge on any atom is 0.214 e. The Bertz CT molecular complexity index is 481. The van der Waals surface area contributed by atoms with E-state index in [0.29, 0.717) is 15.4 Å². The Hall–Kier alpha value is -0.320. The number of hydrogen-bond donors (Lipinski definition) is 0. The third kappa shape index (κ3) is 4.61. The van der Waals surface area contributed by atoms with Crippen LogP contribution in [0, 0.1) is 6.92 Å². The van der Waals surface area contributed by atoms with E-state index >= 15 is 0 Å². The van der Waals surface area contributed by atoms with Gasteiger partial charge in [-0.2, -0.15) is 0 Å². The lowest BCUT2D eigenvalue weighted by Gasteiger charge is -2.10. The van der Waals surface area contributed by atoms with Crippen LogP contribution in [0.5, 0.6) is 0 Å². The normalized spacial score (nSPS) is 21.9. The lowest BCUT2D eigenvalue weighted by Crippen LogP contribution is -2.04. The van der Waals surface area contributed by atoms with E-state index in [0.717, 1.165) is 12.2 Å². The Kier molecular flexibility index (Phi) is 6.12. The zero-order chi connectivity index (χ0) is 14.5. The van der Waals surface area contributed by atoms with Crippen molar-refractivity contribution in [2.75, 3.05) is 11.5 Å². The molecular formula is C16H20OS3. The number of rotatable bonds is 5. The van der Waals surface area contributed by atoms with Gasteiger partial charge in [0.15, 0.2) is 0 Å². The SMILES string of the molecule is C=C(C)C(=O)SCCC1CSC(c2ccc(C)cc2)S1. The van der Waals surface area contributed by atoms with E-state index in [1.54, 1.807) is 6.92 Å². The molecule has 1 heterocycles. The molecular weight excluding hydrogens is 304 g/mol. The number of carbonyl (C=O) groups is 1. The standard InChI is InChI=1S/C16H20OS3/c1-11(2)15(17)18-9-8-14-10-19-16(20-14)13-6-4-12(3)5-7-13/h4-7,14,16H,1,8-10H2,2-3H3. The van der Waals surface area contributed by atoms with Gasteiger partial charge in [-0.1, -0.05) is 48.2 Å².